The number of carbonyl (C=O) groups excluding carboxylic acids is 2. The Hall–Kier alpha value is -2.64. The van der Waals surface area contributed by atoms with Crippen LogP contribution in [-0.4, -0.2) is 18.9 Å². The van der Waals surface area contributed by atoms with E-state index in [1.165, 1.54) is 11.3 Å². The number of amides is 2. The molecule has 2 N–H and O–H groups in total. The van der Waals surface area contributed by atoms with Crippen molar-refractivity contribution in [3.05, 3.63) is 62.7 Å². The van der Waals surface area contributed by atoms with E-state index in [1.54, 1.807) is 42.7 Å². The Morgan fingerprint density at radius 2 is 2.04 bits per heavy atom. The number of rotatable bonds is 4. The van der Waals surface area contributed by atoms with Crippen molar-refractivity contribution in [2.45, 2.75) is 19.3 Å². The number of methoxy groups -OCH3 is 1. The highest BCUT2D eigenvalue weighted by molar-refractivity contribution is 7.18. The molecule has 0 fully saturated rings. The second-order valence-electron chi connectivity index (χ2n) is 6.34. The third kappa shape index (κ3) is 3.36. The molecule has 3 heterocycles. The molecule has 0 spiro atoms. The van der Waals surface area contributed by atoms with Gasteiger partial charge >= 0.3 is 0 Å². The molecule has 0 radical (unpaired) electrons. The highest BCUT2D eigenvalue weighted by Crippen LogP contribution is 2.45. The van der Waals surface area contributed by atoms with Crippen LogP contribution in [0.1, 0.15) is 38.7 Å². The van der Waals surface area contributed by atoms with Gasteiger partial charge in [0, 0.05) is 18.0 Å². The molecule has 2 amide bonds. The molecule has 1 aliphatic heterocycles. The fourth-order valence-corrected chi connectivity index (χ4v) is 5.24. The minimum Gasteiger partial charge on any atom is -0.497 e. The molecule has 138 valence electrons. The van der Waals surface area contributed by atoms with Crippen molar-refractivity contribution in [1.82, 2.24) is 0 Å². The lowest BCUT2D eigenvalue weighted by molar-refractivity contribution is -0.116. The molecule has 1 aromatic carbocycles. The summed E-state index contributed by atoms with van der Waals surface area (Å²) in [6, 6.07) is 9.25. The number of benzene rings is 1. The van der Waals surface area contributed by atoms with Crippen LogP contribution >= 0.6 is 22.7 Å². The molecular weight excluding hydrogens is 380 g/mol. The zero-order valence-corrected chi connectivity index (χ0v) is 16.5. The number of thiophene rings is 2. The maximum absolute atomic E-state index is 12.8. The summed E-state index contributed by atoms with van der Waals surface area (Å²) in [7, 11) is 1.60. The van der Waals surface area contributed by atoms with E-state index in [0.717, 1.165) is 27.4 Å². The molecule has 0 bridgehead atoms. The van der Waals surface area contributed by atoms with Crippen molar-refractivity contribution in [3.8, 4) is 5.75 Å². The minimum atomic E-state index is -0.171. The lowest BCUT2D eigenvalue weighted by Gasteiger charge is -2.23. The number of hydrogen-bond donors (Lipinski definition) is 2. The minimum absolute atomic E-state index is 0.00112. The van der Waals surface area contributed by atoms with Crippen LogP contribution in [0.3, 0.4) is 0 Å². The van der Waals surface area contributed by atoms with E-state index in [1.807, 2.05) is 18.4 Å². The average molecular weight is 399 g/mol. The molecule has 1 unspecified atom stereocenters. The van der Waals surface area contributed by atoms with Gasteiger partial charge in [0.05, 0.1) is 17.0 Å². The fraction of sp³-hybridized carbons (Fsp3) is 0.200. The normalized spacial score (nSPS) is 15.8. The SMILES string of the molecule is COc1ccc(NC(=O)c2sc3c(c2C)C(c2ccsc2)CC(=O)N3)cc1. The van der Waals surface area contributed by atoms with E-state index < -0.39 is 0 Å². The van der Waals surface area contributed by atoms with Crippen molar-refractivity contribution in [3.63, 3.8) is 0 Å². The standard InChI is InChI=1S/C20H18N2O3S2/c1-11-17-15(12-7-8-26-10-12)9-16(23)22-20(17)27-18(11)19(24)21-13-3-5-14(25-2)6-4-13/h3-8,10,15H,9H2,1-2H3,(H,21,24)(H,22,23). The summed E-state index contributed by atoms with van der Waals surface area (Å²) in [6.07, 6.45) is 0.404. The summed E-state index contributed by atoms with van der Waals surface area (Å²) < 4.78 is 5.14. The van der Waals surface area contributed by atoms with Crippen LogP contribution in [0.25, 0.3) is 0 Å². The van der Waals surface area contributed by atoms with Gasteiger partial charge in [-0.05, 0) is 64.7 Å². The first-order chi connectivity index (χ1) is 13.1. The molecule has 2 aromatic heterocycles. The predicted molar refractivity (Wildman–Crippen MR) is 109 cm³/mol. The van der Waals surface area contributed by atoms with Crippen molar-refractivity contribution in [1.29, 1.82) is 0 Å². The smallest absolute Gasteiger partial charge is 0.266 e. The Morgan fingerprint density at radius 1 is 1.26 bits per heavy atom. The van der Waals surface area contributed by atoms with Crippen molar-refractivity contribution >= 4 is 45.2 Å². The summed E-state index contributed by atoms with van der Waals surface area (Å²) in [5.74, 6) is 0.549. The maximum Gasteiger partial charge on any atom is 0.266 e. The van der Waals surface area contributed by atoms with Gasteiger partial charge in [0.15, 0.2) is 0 Å². The predicted octanol–water partition coefficient (Wildman–Crippen LogP) is 4.85. The van der Waals surface area contributed by atoms with Crippen LogP contribution in [0.15, 0.2) is 41.1 Å². The van der Waals surface area contributed by atoms with Crippen molar-refractivity contribution < 1.29 is 14.3 Å². The Morgan fingerprint density at radius 3 is 2.70 bits per heavy atom. The Bertz CT molecular complexity index is 991. The van der Waals surface area contributed by atoms with Crippen molar-refractivity contribution in [2.75, 3.05) is 17.7 Å². The van der Waals surface area contributed by atoms with E-state index in [2.05, 4.69) is 16.0 Å². The number of ether oxygens (including phenoxy) is 1. The first-order valence-corrected chi connectivity index (χ1v) is 10.2. The zero-order chi connectivity index (χ0) is 19.0. The highest BCUT2D eigenvalue weighted by Gasteiger charge is 2.33. The van der Waals surface area contributed by atoms with Crippen molar-refractivity contribution in [2.24, 2.45) is 0 Å². The second kappa shape index (κ2) is 7.17. The molecule has 0 aliphatic carbocycles. The second-order valence-corrected chi connectivity index (χ2v) is 8.14. The fourth-order valence-electron chi connectivity index (χ4n) is 3.34. The third-order valence-corrected chi connectivity index (χ3v) is 6.61. The van der Waals surface area contributed by atoms with E-state index in [9.17, 15) is 9.59 Å². The first-order valence-electron chi connectivity index (χ1n) is 8.47. The van der Waals surface area contributed by atoms with Crippen LogP contribution in [0, 0.1) is 6.92 Å². The molecule has 4 rings (SSSR count). The molecule has 0 saturated carbocycles. The summed E-state index contributed by atoms with van der Waals surface area (Å²) in [5.41, 5.74) is 3.80. The zero-order valence-electron chi connectivity index (χ0n) is 14.9. The van der Waals surface area contributed by atoms with Crippen LogP contribution in [0.4, 0.5) is 10.7 Å². The Kier molecular flexibility index (Phi) is 4.72. The molecule has 7 heteroatoms. The van der Waals surface area contributed by atoms with Gasteiger partial charge in [0.1, 0.15) is 5.75 Å². The third-order valence-electron chi connectivity index (χ3n) is 4.68. The topological polar surface area (TPSA) is 67.4 Å². The van der Waals surface area contributed by atoms with E-state index in [0.29, 0.717) is 17.0 Å². The summed E-state index contributed by atoms with van der Waals surface area (Å²) >= 11 is 2.95. The van der Waals surface area contributed by atoms with Crippen LogP contribution in [0.2, 0.25) is 0 Å². The molecule has 5 nitrogen and oxygen atoms in total. The van der Waals surface area contributed by atoms with Gasteiger partial charge in [0.2, 0.25) is 5.91 Å². The quantitative estimate of drug-likeness (QED) is 0.660. The number of fused-ring (bicyclic) bond motifs is 1. The average Bonchev–Trinajstić information content (AvgIpc) is 3.30. The monoisotopic (exact) mass is 398 g/mol. The van der Waals surface area contributed by atoms with Gasteiger partial charge in [-0.3, -0.25) is 9.59 Å². The van der Waals surface area contributed by atoms with E-state index in [4.69, 9.17) is 4.74 Å². The largest absolute Gasteiger partial charge is 0.497 e. The maximum atomic E-state index is 12.8. The van der Waals surface area contributed by atoms with Crippen LogP contribution in [0.5, 0.6) is 5.75 Å². The van der Waals surface area contributed by atoms with Gasteiger partial charge in [-0.2, -0.15) is 11.3 Å². The van der Waals surface area contributed by atoms with Crippen LogP contribution in [-0.2, 0) is 4.79 Å². The molecule has 1 aliphatic rings. The van der Waals surface area contributed by atoms with Gasteiger partial charge < -0.3 is 15.4 Å². The summed E-state index contributed by atoms with van der Waals surface area (Å²) in [4.78, 5) is 25.6. The molecule has 0 saturated heterocycles. The number of anilines is 2. The molecular formula is C20H18N2O3S2. The number of nitrogens with one attached hydrogen (secondary N) is 2. The lowest BCUT2D eigenvalue weighted by Crippen LogP contribution is -2.22. The van der Waals surface area contributed by atoms with Gasteiger partial charge in [0.25, 0.3) is 5.91 Å². The summed E-state index contributed by atoms with van der Waals surface area (Å²) in [5, 5.41) is 10.7. The first kappa shape index (κ1) is 17.8. The van der Waals surface area contributed by atoms with E-state index in [-0.39, 0.29) is 17.7 Å². The number of hydrogen-bond acceptors (Lipinski definition) is 5. The van der Waals surface area contributed by atoms with Gasteiger partial charge in [-0.1, -0.05) is 0 Å². The molecule has 1 atom stereocenters. The lowest BCUT2D eigenvalue weighted by atomic mass is 9.86. The molecule has 27 heavy (non-hydrogen) atoms. The van der Waals surface area contributed by atoms with Gasteiger partial charge in [-0.25, -0.2) is 0 Å². The Labute approximate surface area is 165 Å². The Balaban J connectivity index is 1.65. The molecule has 3 aromatic rings. The summed E-state index contributed by atoms with van der Waals surface area (Å²) in [6.45, 7) is 1.95. The van der Waals surface area contributed by atoms with E-state index >= 15 is 0 Å². The number of carbonyl (C=O) groups is 2. The van der Waals surface area contributed by atoms with Gasteiger partial charge in [-0.15, -0.1) is 11.3 Å². The highest BCUT2D eigenvalue weighted by atomic mass is 32.1. The van der Waals surface area contributed by atoms with Crippen LogP contribution < -0.4 is 15.4 Å².